The van der Waals surface area contributed by atoms with Crippen LogP contribution < -0.4 is 5.32 Å². The molecule has 1 atom stereocenters. The Bertz CT molecular complexity index is 1100. The SMILES string of the molecule is Cc1nn(-c2ccc(F)cc2)c2c1[C@H](c1cccnc1)C1=C(CCCC1=O)N2. The minimum Gasteiger partial charge on any atom is -0.343 e. The molecule has 0 saturated carbocycles. The van der Waals surface area contributed by atoms with Crippen LogP contribution in [0.3, 0.4) is 0 Å². The first kappa shape index (κ1) is 16.9. The van der Waals surface area contributed by atoms with Crippen LogP contribution in [0, 0.1) is 12.7 Å². The van der Waals surface area contributed by atoms with Crippen LogP contribution in [0.2, 0.25) is 0 Å². The lowest BCUT2D eigenvalue weighted by Crippen LogP contribution is -2.27. The number of fused-ring (bicyclic) bond motifs is 1. The summed E-state index contributed by atoms with van der Waals surface area (Å²) in [7, 11) is 0. The molecule has 0 saturated heterocycles. The van der Waals surface area contributed by atoms with E-state index in [9.17, 15) is 9.18 Å². The summed E-state index contributed by atoms with van der Waals surface area (Å²) in [5.74, 6) is 0.543. The number of Topliss-reactive ketones (excluding diaryl/α,β-unsaturated/α-hetero) is 1. The van der Waals surface area contributed by atoms with E-state index in [0.29, 0.717) is 6.42 Å². The van der Waals surface area contributed by atoms with Crippen LogP contribution in [0.15, 0.2) is 60.1 Å². The molecule has 2 aliphatic rings. The second-order valence-corrected chi connectivity index (χ2v) is 7.25. The average molecular weight is 374 g/mol. The Balaban J connectivity index is 1.74. The number of hydrogen-bond acceptors (Lipinski definition) is 4. The maximum Gasteiger partial charge on any atom is 0.161 e. The van der Waals surface area contributed by atoms with Gasteiger partial charge in [0.05, 0.1) is 11.4 Å². The zero-order valence-corrected chi connectivity index (χ0v) is 15.4. The summed E-state index contributed by atoms with van der Waals surface area (Å²) in [5, 5.41) is 8.20. The van der Waals surface area contributed by atoms with Gasteiger partial charge in [-0.3, -0.25) is 9.78 Å². The Kier molecular flexibility index (Phi) is 3.86. The molecule has 0 spiro atoms. The molecular weight excluding hydrogens is 355 g/mol. The van der Waals surface area contributed by atoms with E-state index in [1.807, 2.05) is 25.3 Å². The number of aromatic nitrogens is 3. The van der Waals surface area contributed by atoms with Crippen LogP contribution in [0.4, 0.5) is 10.2 Å². The molecule has 0 fully saturated rings. The molecule has 0 unspecified atom stereocenters. The zero-order chi connectivity index (χ0) is 19.3. The van der Waals surface area contributed by atoms with Gasteiger partial charge < -0.3 is 5.32 Å². The standard InChI is InChI=1S/C22H19FN4O/c1-13-19-20(14-4-3-11-24-12-14)21-17(5-2-6-18(21)28)25-22(19)27(26-13)16-9-7-15(23)8-10-16/h3-4,7-12,20,25H,2,5-6H2,1H3/t20-/m0/s1. The fourth-order valence-electron chi connectivity index (χ4n) is 4.27. The number of nitrogens with zero attached hydrogens (tertiary/aromatic N) is 3. The molecule has 6 heteroatoms. The van der Waals surface area contributed by atoms with Gasteiger partial charge in [-0.25, -0.2) is 9.07 Å². The molecule has 5 rings (SSSR count). The minimum absolute atomic E-state index is 0.183. The monoisotopic (exact) mass is 374 g/mol. The van der Waals surface area contributed by atoms with Crippen LogP contribution >= 0.6 is 0 Å². The fraction of sp³-hybridized carbons (Fsp3) is 0.227. The number of rotatable bonds is 2. The second kappa shape index (κ2) is 6.41. The molecule has 3 heterocycles. The smallest absolute Gasteiger partial charge is 0.161 e. The Labute approximate surface area is 161 Å². The van der Waals surface area contributed by atoms with Crippen molar-refractivity contribution in [3.05, 3.63) is 82.7 Å². The van der Waals surface area contributed by atoms with Gasteiger partial charge in [0.1, 0.15) is 11.6 Å². The van der Waals surface area contributed by atoms with Gasteiger partial charge in [0.2, 0.25) is 0 Å². The number of anilines is 1. The average Bonchev–Trinajstić information content (AvgIpc) is 3.04. The summed E-state index contributed by atoms with van der Waals surface area (Å²) < 4.78 is 15.2. The third kappa shape index (κ3) is 2.56. The number of hydrogen-bond donors (Lipinski definition) is 1. The Hall–Kier alpha value is -3.28. The first-order chi connectivity index (χ1) is 13.6. The summed E-state index contributed by atoms with van der Waals surface area (Å²) in [4.78, 5) is 17.1. The van der Waals surface area contributed by atoms with Crippen LogP contribution in [0.5, 0.6) is 0 Å². The Morgan fingerprint density at radius 3 is 2.75 bits per heavy atom. The van der Waals surface area contributed by atoms with Crippen molar-refractivity contribution in [2.24, 2.45) is 0 Å². The third-order valence-corrected chi connectivity index (χ3v) is 5.50. The molecule has 3 aromatic rings. The van der Waals surface area contributed by atoms with Gasteiger partial charge in [0.15, 0.2) is 5.78 Å². The first-order valence-electron chi connectivity index (χ1n) is 9.42. The lowest BCUT2D eigenvalue weighted by atomic mass is 9.76. The summed E-state index contributed by atoms with van der Waals surface area (Å²) in [5.41, 5.74) is 5.36. The number of pyridine rings is 1. The summed E-state index contributed by atoms with van der Waals surface area (Å²) in [6, 6.07) is 10.2. The van der Waals surface area contributed by atoms with Crippen molar-refractivity contribution in [3.63, 3.8) is 0 Å². The van der Waals surface area contributed by atoms with Gasteiger partial charge in [-0.05, 0) is 55.7 Å². The quantitative estimate of drug-likeness (QED) is 0.727. The highest BCUT2D eigenvalue weighted by molar-refractivity contribution is 6.01. The fourth-order valence-corrected chi connectivity index (χ4v) is 4.27. The van der Waals surface area contributed by atoms with Gasteiger partial charge in [0.25, 0.3) is 0 Å². The van der Waals surface area contributed by atoms with Gasteiger partial charge in [-0.2, -0.15) is 5.10 Å². The molecule has 0 amide bonds. The molecule has 0 bridgehead atoms. The molecular formula is C22H19FN4O. The van der Waals surface area contributed by atoms with Crippen molar-refractivity contribution >= 4 is 11.6 Å². The van der Waals surface area contributed by atoms with E-state index in [1.165, 1.54) is 12.1 Å². The number of allylic oxidation sites excluding steroid dienone is 2. The summed E-state index contributed by atoms with van der Waals surface area (Å²) >= 11 is 0. The van der Waals surface area contributed by atoms with Crippen molar-refractivity contribution in [2.45, 2.75) is 32.1 Å². The molecule has 5 nitrogen and oxygen atoms in total. The van der Waals surface area contributed by atoms with Gasteiger partial charge >= 0.3 is 0 Å². The highest BCUT2D eigenvalue weighted by Gasteiger charge is 2.38. The number of aryl methyl sites for hydroxylation is 1. The number of ketones is 1. The van der Waals surface area contributed by atoms with E-state index in [1.54, 1.807) is 23.0 Å². The molecule has 140 valence electrons. The van der Waals surface area contributed by atoms with Crippen molar-refractivity contribution < 1.29 is 9.18 Å². The molecule has 28 heavy (non-hydrogen) atoms. The van der Waals surface area contributed by atoms with Gasteiger partial charge in [-0.1, -0.05) is 6.07 Å². The number of carbonyl (C=O) groups excluding carboxylic acids is 1. The summed E-state index contributed by atoms with van der Waals surface area (Å²) in [6.07, 6.45) is 5.78. The molecule has 1 aliphatic carbocycles. The predicted molar refractivity (Wildman–Crippen MR) is 104 cm³/mol. The molecule has 0 radical (unpaired) electrons. The Morgan fingerprint density at radius 1 is 1.18 bits per heavy atom. The number of nitrogens with one attached hydrogen (secondary N) is 1. The van der Waals surface area contributed by atoms with Crippen molar-refractivity contribution in [3.8, 4) is 5.69 Å². The first-order valence-corrected chi connectivity index (χ1v) is 9.42. The number of benzene rings is 1. The highest BCUT2D eigenvalue weighted by Crippen LogP contribution is 2.46. The highest BCUT2D eigenvalue weighted by atomic mass is 19.1. The van der Waals surface area contributed by atoms with Crippen molar-refractivity contribution in [1.82, 2.24) is 14.8 Å². The van der Waals surface area contributed by atoms with Gasteiger partial charge in [0, 0.05) is 41.6 Å². The van der Waals surface area contributed by atoms with E-state index >= 15 is 0 Å². The lowest BCUT2D eigenvalue weighted by Gasteiger charge is -2.32. The predicted octanol–water partition coefficient (Wildman–Crippen LogP) is 4.28. The maximum atomic E-state index is 13.4. The molecule has 1 aromatic carbocycles. The number of halogens is 1. The lowest BCUT2D eigenvalue weighted by molar-refractivity contribution is -0.116. The van der Waals surface area contributed by atoms with Crippen LogP contribution in [-0.4, -0.2) is 20.5 Å². The van der Waals surface area contributed by atoms with E-state index < -0.39 is 0 Å². The van der Waals surface area contributed by atoms with Crippen molar-refractivity contribution in [2.75, 3.05) is 5.32 Å². The largest absolute Gasteiger partial charge is 0.343 e. The van der Waals surface area contributed by atoms with Crippen LogP contribution in [-0.2, 0) is 4.79 Å². The summed E-state index contributed by atoms with van der Waals surface area (Å²) in [6.45, 7) is 1.95. The molecule has 1 aliphatic heterocycles. The Morgan fingerprint density at radius 2 is 2.00 bits per heavy atom. The normalized spacial score (nSPS) is 18.5. The third-order valence-electron chi connectivity index (χ3n) is 5.50. The van der Waals surface area contributed by atoms with Crippen LogP contribution in [0.1, 0.15) is 42.0 Å². The van der Waals surface area contributed by atoms with E-state index in [-0.39, 0.29) is 17.5 Å². The van der Waals surface area contributed by atoms with Gasteiger partial charge in [-0.15, -0.1) is 0 Å². The van der Waals surface area contributed by atoms with E-state index in [4.69, 9.17) is 5.10 Å². The molecule has 1 N–H and O–H groups in total. The second-order valence-electron chi connectivity index (χ2n) is 7.25. The minimum atomic E-state index is -0.287. The topological polar surface area (TPSA) is 59.8 Å². The molecule has 2 aromatic heterocycles. The number of carbonyl (C=O) groups is 1. The van der Waals surface area contributed by atoms with Crippen molar-refractivity contribution in [1.29, 1.82) is 0 Å². The van der Waals surface area contributed by atoms with E-state index in [0.717, 1.165) is 52.4 Å². The zero-order valence-electron chi connectivity index (χ0n) is 15.4. The van der Waals surface area contributed by atoms with E-state index in [2.05, 4.69) is 10.3 Å². The van der Waals surface area contributed by atoms with Crippen LogP contribution in [0.25, 0.3) is 5.69 Å². The maximum absolute atomic E-state index is 13.4.